The van der Waals surface area contributed by atoms with Gasteiger partial charge in [-0.05, 0) is 42.4 Å². The van der Waals surface area contributed by atoms with Crippen LogP contribution in [-0.2, 0) is 70.7 Å². The molecule has 4 rings (SSSR count). The number of carboxylic acid groups (broad SMARTS) is 3. The highest BCUT2D eigenvalue weighted by molar-refractivity contribution is 7.98. The third-order valence-corrected chi connectivity index (χ3v) is 13.5. The van der Waals surface area contributed by atoms with Crippen molar-refractivity contribution in [2.75, 3.05) is 18.1 Å². The van der Waals surface area contributed by atoms with Crippen molar-refractivity contribution in [1.82, 2.24) is 36.8 Å². The van der Waals surface area contributed by atoms with E-state index in [1.807, 2.05) is 0 Å². The van der Waals surface area contributed by atoms with Crippen LogP contribution in [-0.4, -0.2) is 146 Å². The van der Waals surface area contributed by atoms with Crippen LogP contribution in [0, 0.1) is 12.3 Å². The maximum absolute atomic E-state index is 14.3. The van der Waals surface area contributed by atoms with Crippen molar-refractivity contribution >= 4 is 88.7 Å². The number of nitrogens with one attached hydrogen (secondary N) is 6. The highest BCUT2D eigenvalue weighted by atomic mass is 32.2. The van der Waals surface area contributed by atoms with E-state index in [1.165, 1.54) is 11.8 Å². The van der Waals surface area contributed by atoms with Crippen LogP contribution in [0.4, 0.5) is 0 Å². The van der Waals surface area contributed by atoms with E-state index in [0.717, 1.165) is 27.8 Å². The number of nitrogens with two attached hydrogens (primary N) is 1. The van der Waals surface area contributed by atoms with Gasteiger partial charge < -0.3 is 57.9 Å². The van der Waals surface area contributed by atoms with Gasteiger partial charge in [0.15, 0.2) is 0 Å². The average molecular weight is 1020 g/mol. The molecule has 11 N–H and O–H groups in total. The predicted octanol–water partition coefficient (Wildman–Crippen LogP) is -0.588. The van der Waals surface area contributed by atoms with E-state index in [0.29, 0.717) is 5.56 Å². The summed E-state index contributed by atoms with van der Waals surface area (Å²) in [6.45, 7) is -0.0152. The quantitative estimate of drug-likeness (QED) is 0.106. The molecule has 22 nitrogen and oxygen atoms in total. The number of benzene rings is 2. The van der Waals surface area contributed by atoms with Gasteiger partial charge >= 0.3 is 17.9 Å². The van der Waals surface area contributed by atoms with Crippen molar-refractivity contribution in [2.45, 2.75) is 118 Å². The van der Waals surface area contributed by atoms with Gasteiger partial charge in [-0.25, -0.2) is 4.79 Å². The second-order valence-electron chi connectivity index (χ2n) is 16.7. The predicted molar refractivity (Wildman–Crippen MR) is 258 cm³/mol. The Kier molecular flexibility index (Phi) is 22.7. The molecular weight excluding hydrogens is 965 g/mol. The maximum Gasteiger partial charge on any atom is 0.327 e. The number of hydrogen-bond donors (Lipinski definition) is 10. The summed E-state index contributed by atoms with van der Waals surface area (Å²) < 4.78 is 0. The van der Waals surface area contributed by atoms with E-state index in [4.69, 9.17) is 12.2 Å². The van der Waals surface area contributed by atoms with Crippen LogP contribution in [0.3, 0.4) is 0 Å². The zero-order chi connectivity index (χ0) is 52.0. The molecule has 7 atom stereocenters. The fourth-order valence-electron chi connectivity index (χ4n) is 7.62. The fourth-order valence-corrected chi connectivity index (χ4v) is 9.79. The summed E-state index contributed by atoms with van der Waals surface area (Å²) in [5.41, 5.74) is 7.60. The molecule has 1 fully saturated rings. The molecule has 2 heterocycles. The summed E-state index contributed by atoms with van der Waals surface area (Å²) >= 11 is 2.36. The monoisotopic (exact) mass is 1020 g/mol. The van der Waals surface area contributed by atoms with E-state index in [1.54, 1.807) is 54.6 Å². The van der Waals surface area contributed by atoms with Crippen molar-refractivity contribution in [2.24, 2.45) is 5.73 Å². The van der Waals surface area contributed by atoms with Crippen LogP contribution >= 0.6 is 23.5 Å². The van der Waals surface area contributed by atoms with E-state index >= 15 is 0 Å². The minimum atomic E-state index is -1.70. The van der Waals surface area contributed by atoms with Crippen LogP contribution in [0.5, 0.6) is 0 Å². The lowest BCUT2D eigenvalue weighted by atomic mass is 10.0. The number of thioether (sulfide) groups is 2. The highest BCUT2D eigenvalue weighted by Crippen LogP contribution is 2.24. The number of carboxylic acids is 3. The van der Waals surface area contributed by atoms with Crippen molar-refractivity contribution in [3.8, 4) is 12.3 Å². The summed E-state index contributed by atoms with van der Waals surface area (Å²) in [7, 11) is 0. The normalized spacial score (nSPS) is 23.4. The first-order chi connectivity index (χ1) is 33.9. The van der Waals surface area contributed by atoms with Gasteiger partial charge in [0.25, 0.3) is 0 Å². The molecule has 71 heavy (non-hydrogen) atoms. The average Bonchev–Trinajstić information content (AvgIpc) is 3.82. The van der Waals surface area contributed by atoms with Gasteiger partial charge in [0.05, 0.1) is 6.42 Å². The number of carbonyl (C=O) groups excluding carboxylic acids is 8. The number of amides is 8. The van der Waals surface area contributed by atoms with Crippen molar-refractivity contribution < 1.29 is 68.1 Å². The number of hydrogen-bond acceptors (Lipinski definition) is 13. The van der Waals surface area contributed by atoms with Gasteiger partial charge in [0.1, 0.15) is 42.3 Å². The molecule has 0 aliphatic carbocycles. The van der Waals surface area contributed by atoms with Gasteiger partial charge in [0.2, 0.25) is 47.3 Å². The zero-order valence-corrected chi connectivity index (χ0v) is 40.2. The number of terminal acetylenes is 1. The first kappa shape index (κ1) is 56.5. The third kappa shape index (κ3) is 18.6. The number of nitrogens with zero attached hydrogens (tertiary/aromatic N) is 1. The maximum atomic E-state index is 14.3. The molecule has 0 saturated carbocycles. The summed E-state index contributed by atoms with van der Waals surface area (Å²) in [6, 6.07) is 4.85. The van der Waals surface area contributed by atoms with Crippen LogP contribution in [0.25, 0.3) is 0 Å². The Bertz CT molecular complexity index is 2330. The summed E-state index contributed by atoms with van der Waals surface area (Å²) in [6.07, 6.45) is 2.35. The molecule has 0 bridgehead atoms. The van der Waals surface area contributed by atoms with Gasteiger partial charge in [-0.3, -0.25) is 47.9 Å². The zero-order valence-electron chi connectivity index (χ0n) is 38.6. The molecule has 0 radical (unpaired) electrons. The van der Waals surface area contributed by atoms with Gasteiger partial charge in [-0.15, -0.1) is 12.3 Å². The molecule has 2 aliphatic rings. The first-order valence-corrected chi connectivity index (χ1v) is 24.9. The standard InChI is InChI=1S/C47H58N8O14S2/c1-2-3-15-38(57)49-34-25-70-23-28-12-7-8-13-29(28)24-71-26-35(47(68)69)54-42(63)31(17-19-40(60)61)50-41(62)30(16-18-39(58)59)51-43(64)32(21-27-10-5-4-6-11-27)52-45(66)36-14-9-20-55(36)46(67)33(22-37(48)56)53-44(34)65/h1,4-8,10-13,30-36H,3,9,14-26H2,(H2,48,56)(H,49,57)(H,50,62)(H,51,64)(H,52,66)(H,53,65)(H,54,63)(H,58,59)(H,60,61)(H,68,69)/t30-,31-,32-,33-,34?,35-,36-/m0/s1. The minimum absolute atomic E-state index is 0.0152. The first-order valence-electron chi connectivity index (χ1n) is 22.6. The van der Waals surface area contributed by atoms with Crippen molar-refractivity contribution in [1.29, 1.82) is 0 Å². The Morgan fingerprint density at radius 1 is 0.690 bits per heavy atom. The molecule has 2 aromatic carbocycles. The van der Waals surface area contributed by atoms with Crippen LogP contribution < -0.4 is 37.6 Å². The highest BCUT2D eigenvalue weighted by Gasteiger charge is 2.41. The lowest BCUT2D eigenvalue weighted by Crippen LogP contribution is -2.60. The van der Waals surface area contributed by atoms with Crippen LogP contribution in [0.2, 0.25) is 0 Å². The topological polar surface area (TPSA) is 350 Å². The summed E-state index contributed by atoms with van der Waals surface area (Å²) in [5, 5.41) is 44.2. The smallest absolute Gasteiger partial charge is 0.327 e. The number of primary amides is 1. The summed E-state index contributed by atoms with van der Waals surface area (Å²) in [4.78, 5) is 147. The number of aliphatic carboxylic acids is 3. The largest absolute Gasteiger partial charge is 0.481 e. The Hall–Kier alpha value is -7.13. The van der Waals surface area contributed by atoms with Gasteiger partial charge in [-0.1, -0.05) is 54.6 Å². The molecule has 382 valence electrons. The van der Waals surface area contributed by atoms with E-state index in [-0.39, 0.29) is 61.7 Å². The van der Waals surface area contributed by atoms with Crippen molar-refractivity contribution in [3.05, 3.63) is 71.3 Å². The lowest BCUT2D eigenvalue weighted by molar-refractivity contribution is -0.143. The Morgan fingerprint density at radius 2 is 1.23 bits per heavy atom. The van der Waals surface area contributed by atoms with E-state index < -0.39 is 140 Å². The molecule has 24 heteroatoms. The molecular formula is C47H58N8O14S2. The molecule has 1 saturated heterocycles. The Balaban J connectivity index is 1.77. The van der Waals surface area contributed by atoms with Gasteiger partial charge in [-0.2, -0.15) is 23.5 Å². The molecule has 8 amide bonds. The third-order valence-electron chi connectivity index (χ3n) is 11.3. The minimum Gasteiger partial charge on any atom is -0.481 e. The van der Waals surface area contributed by atoms with Crippen LogP contribution in [0.1, 0.15) is 74.5 Å². The second-order valence-corrected chi connectivity index (χ2v) is 18.7. The Labute approximate surface area is 417 Å². The summed E-state index contributed by atoms with van der Waals surface area (Å²) in [5.74, 6) is -8.84. The SMILES string of the molecule is C#CCCC(=O)NC1CSCc2ccccc2CSC[C@@H](C(=O)O)NC(=O)[C@H](CCC(=O)O)NC(=O)[C@H](CCC(=O)O)NC(=O)[C@H](Cc2ccccc2)NC(=O)[C@@H]2CCCN2C(=O)[C@H](CC(N)=O)NC1=O. The molecule has 0 spiro atoms. The molecule has 1 unspecified atom stereocenters. The van der Waals surface area contributed by atoms with Crippen LogP contribution in [0.15, 0.2) is 54.6 Å². The molecule has 2 aliphatic heterocycles. The number of rotatable bonds is 14. The van der Waals surface area contributed by atoms with E-state index in [9.17, 15) is 68.1 Å². The molecule has 0 aromatic heterocycles. The number of carbonyl (C=O) groups is 11. The van der Waals surface area contributed by atoms with Gasteiger partial charge in [0, 0.05) is 61.7 Å². The second kappa shape index (κ2) is 28.5. The number of fused-ring (bicyclic) bond motifs is 2. The molecule has 2 aromatic rings. The van der Waals surface area contributed by atoms with Crippen molar-refractivity contribution in [3.63, 3.8) is 0 Å². The Morgan fingerprint density at radius 3 is 1.79 bits per heavy atom. The lowest BCUT2D eigenvalue weighted by Gasteiger charge is -2.30. The fraction of sp³-hybridized carbons (Fsp3) is 0.468. The van der Waals surface area contributed by atoms with E-state index in [2.05, 4.69) is 37.8 Å².